The van der Waals surface area contributed by atoms with Crippen LogP contribution in [0.15, 0.2) is 42.7 Å². The predicted molar refractivity (Wildman–Crippen MR) is 100 cm³/mol. The van der Waals surface area contributed by atoms with Gasteiger partial charge in [0.05, 0.1) is 31.1 Å². The lowest BCUT2D eigenvalue weighted by atomic mass is 9.75. The molecule has 1 aromatic carbocycles. The molecular weight excluding hydrogens is 328 g/mol. The number of aliphatic hydroxyl groups is 1. The average molecular weight is 350 g/mol. The molecule has 6 heteroatoms. The van der Waals surface area contributed by atoms with Gasteiger partial charge in [-0.25, -0.2) is 0 Å². The minimum Gasteiger partial charge on any atom is -0.495 e. The molecule has 0 radical (unpaired) electrons. The van der Waals surface area contributed by atoms with E-state index in [9.17, 15) is 5.11 Å². The summed E-state index contributed by atoms with van der Waals surface area (Å²) in [6.45, 7) is 1.96. The van der Waals surface area contributed by atoms with E-state index in [1.807, 2.05) is 31.3 Å². The van der Waals surface area contributed by atoms with E-state index in [1.165, 1.54) is 0 Å². The summed E-state index contributed by atoms with van der Waals surface area (Å²) >= 11 is 0. The summed E-state index contributed by atoms with van der Waals surface area (Å²) in [7, 11) is 1.63. The number of aliphatic hydroxyl groups excluding tert-OH is 1. The SMILES string of the molecule is COc1cncc([C@@H](Nc2nnc(C)c3ccccc23)C2CC(O)C2)c1. The molecular formula is C20H22N4O2. The van der Waals surface area contributed by atoms with Gasteiger partial charge in [-0.2, -0.15) is 5.10 Å². The number of anilines is 1. The third-order valence-corrected chi connectivity index (χ3v) is 5.11. The lowest BCUT2D eigenvalue weighted by Gasteiger charge is -2.38. The molecule has 1 aliphatic carbocycles. The number of ether oxygens (including phenoxy) is 1. The summed E-state index contributed by atoms with van der Waals surface area (Å²) in [4.78, 5) is 4.29. The van der Waals surface area contributed by atoms with Gasteiger partial charge in [-0.15, -0.1) is 5.10 Å². The van der Waals surface area contributed by atoms with Crippen molar-refractivity contribution < 1.29 is 9.84 Å². The van der Waals surface area contributed by atoms with Crippen LogP contribution in [0, 0.1) is 12.8 Å². The van der Waals surface area contributed by atoms with Crippen molar-refractivity contribution >= 4 is 16.6 Å². The Morgan fingerprint density at radius 3 is 2.65 bits per heavy atom. The second-order valence-electron chi connectivity index (χ2n) is 6.85. The van der Waals surface area contributed by atoms with Crippen LogP contribution in [0.1, 0.15) is 30.1 Å². The number of aromatic nitrogens is 3. The third-order valence-electron chi connectivity index (χ3n) is 5.11. The first kappa shape index (κ1) is 16.7. The van der Waals surface area contributed by atoms with E-state index in [4.69, 9.17) is 4.74 Å². The molecule has 0 bridgehead atoms. The summed E-state index contributed by atoms with van der Waals surface area (Å²) in [5.41, 5.74) is 1.93. The summed E-state index contributed by atoms with van der Waals surface area (Å²) in [5, 5.41) is 24.2. The zero-order chi connectivity index (χ0) is 18.1. The molecule has 1 fully saturated rings. The van der Waals surface area contributed by atoms with Crippen LogP contribution in [0.25, 0.3) is 10.8 Å². The molecule has 2 heterocycles. The monoisotopic (exact) mass is 350 g/mol. The van der Waals surface area contributed by atoms with Gasteiger partial charge in [0.25, 0.3) is 0 Å². The number of rotatable bonds is 5. The Labute approximate surface area is 152 Å². The van der Waals surface area contributed by atoms with E-state index in [1.54, 1.807) is 13.3 Å². The van der Waals surface area contributed by atoms with Gasteiger partial charge in [-0.3, -0.25) is 4.98 Å². The molecule has 1 atom stereocenters. The smallest absolute Gasteiger partial charge is 0.157 e. The van der Waals surface area contributed by atoms with E-state index in [-0.39, 0.29) is 12.1 Å². The molecule has 0 unspecified atom stereocenters. The molecule has 1 aliphatic rings. The van der Waals surface area contributed by atoms with Crippen LogP contribution in [0.2, 0.25) is 0 Å². The summed E-state index contributed by atoms with van der Waals surface area (Å²) < 4.78 is 5.33. The van der Waals surface area contributed by atoms with Gasteiger partial charge < -0.3 is 15.2 Å². The van der Waals surface area contributed by atoms with Crippen molar-refractivity contribution in [3.8, 4) is 5.75 Å². The molecule has 0 amide bonds. The maximum Gasteiger partial charge on any atom is 0.157 e. The second-order valence-corrected chi connectivity index (χ2v) is 6.85. The molecule has 26 heavy (non-hydrogen) atoms. The highest BCUT2D eigenvalue weighted by molar-refractivity contribution is 5.93. The van der Waals surface area contributed by atoms with Gasteiger partial charge >= 0.3 is 0 Å². The first-order chi connectivity index (χ1) is 12.7. The van der Waals surface area contributed by atoms with Crippen LogP contribution in [0.4, 0.5) is 5.82 Å². The summed E-state index contributed by atoms with van der Waals surface area (Å²) in [5.74, 6) is 1.77. The highest BCUT2D eigenvalue weighted by atomic mass is 16.5. The number of fused-ring (bicyclic) bond motifs is 1. The number of pyridine rings is 1. The molecule has 6 nitrogen and oxygen atoms in total. The summed E-state index contributed by atoms with van der Waals surface area (Å²) in [6, 6.07) is 10.1. The van der Waals surface area contributed by atoms with Crippen molar-refractivity contribution in [3.63, 3.8) is 0 Å². The topological polar surface area (TPSA) is 80.2 Å². The predicted octanol–water partition coefficient (Wildman–Crippen LogP) is 3.27. The van der Waals surface area contributed by atoms with Crippen LogP contribution < -0.4 is 10.1 Å². The Morgan fingerprint density at radius 1 is 1.15 bits per heavy atom. The molecule has 3 aromatic rings. The molecule has 2 aromatic heterocycles. The van der Waals surface area contributed by atoms with E-state index in [0.29, 0.717) is 11.7 Å². The molecule has 134 valence electrons. The second kappa shape index (κ2) is 6.88. The van der Waals surface area contributed by atoms with Crippen molar-refractivity contribution in [2.75, 3.05) is 12.4 Å². The Bertz CT molecular complexity index is 925. The summed E-state index contributed by atoms with van der Waals surface area (Å²) in [6.07, 6.45) is 4.81. The maximum absolute atomic E-state index is 9.79. The zero-order valence-corrected chi connectivity index (χ0v) is 14.9. The normalized spacial score (nSPS) is 20.4. The highest BCUT2D eigenvalue weighted by Crippen LogP contribution is 2.41. The van der Waals surface area contributed by atoms with Gasteiger partial charge in [0.2, 0.25) is 0 Å². The minimum absolute atomic E-state index is 0.0126. The standard InChI is InChI=1S/C20H22N4O2/c1-12-17-5-3-4-6-18(17)20(24-23-12)22-19(13-7-15(25)8-13)14-9-16(26-2)11-21-10-14/h3-6,9-11,13,15,19,25H,7-8H2,1-2H3,(H,22,24)/t13?,15?,19-/m0/s1. The number of nitrogens with one attached hydrogen (secondary N) is 1. The van der Waals surface area contributed by atoms with Gasteiger partial charge in [0, 0.05) is 17.0 Å². The largest absolute Gasteiger partial charge is 0.495 e. The first-order valence-corrected chi connectivity index (χ1v) is 8.81. The van der Waals surface area contributed by atoms with Crippen molar-refractivity contribution in [1.29, 1.82) is 0 Å². The zero-order valence-electron chi connectivity index (χ0n) is 14.9. The minimum atomic E-state index is -0.233. The van der Waals surface area contributed by atoms with Crippen molar-refractivity contribution in [2.45, 2.75) is 31.9 Å². The van der Waals surface area contributed by atoms with Gasteiger partial charge in [0.1, 0.15) is 5.75 Å². The van der Waals surface area contributed by atoms with E-state index in [0.717, 1.165) is 40.7 Å². The number of aryl methyl sites for hydroxylation is 1. The molecule has 0 aliphatic heterocycles. The average Bonchev–Trinajstić information content (AvgIpc) is 2.66. The number of methoxy groups -OCH3 is 1. The number of hydrogen-bond acceptors (Lipinski definition) is 6. The van der Waals surface area contributed by atoms with E-state index >= 15 is 0 Å². The van der Waals surface area contributed by atoms with Crippen LogP contribution in [-0.2, 0) is 0 Å². The van der Waals surface area contributed by atoms with Crippen LogP contribution in [0.5, 0.6) is 5.75 Å². The molecule has 0 spiro atoms. The number of benzene rings is 1. The molecule has 2 N–H and O–H groups in total. The fourth-order valence-corrected chi connectivity index (χ4v) is 3.58. The van der Waals surface area contributed by atoms with Crippen molar-refractivity contribution in [2.24, 2.45) is 5.92 Å². The molecule has 1 saturated carbocycles. The Morgan fingerprint density at radius 2 is 1.92 bits per heavy atom. The Hall–Kier alpha value is -2.73. The maximum atomic E-state index is 9.79. The number of nitrogens with zero attached hydrogens (tertiary/aromatic N) is 3. The molecule has 4 rings (SSSR count). The van der Waals surface area contributed by atoms with Gasteiger partial charge in [-0.1, -0.05) is 24.3 Å². The highest BCUT2D eigenvalue weighted by Gasteiger charge is 2.35. The van der Waals surface area contributed by atoms with E-state index in [2.05, 4.69) is 32.6 Å². The van der Waals surface area contributed by atoms with Crippen LogP contribution in [0.3, 0.4) is 0 Å². The third kappa shape index (κ3) is 3.08. The lowest BCUT2D eigenvalue weighted by molar-refractivity contribution is 0.0339. The number of hydrogen-bond donors (Lipinski definition) is 2. The fourth-order valence-electron chi connectivity index (χ4n) is 3.58. The van der Waals surface area contributed by atoms with Crippen LogP contribution >= 0.6 is 0 Å². The van der Waals surface area contributed by atoms with Gasteiger partial charge in [0.15, 0.2) is 5.82 Å². The lowest BCUT2D eigenvalue weighted by Crippen LogP contribution is -2.36. The van der Waals surface area contributed by atoms with Crippen LogP contribution in [-0.4, -0.2) is 33.5 Å². The van der Waals surface area contributed by atoms with E-state index < -0.39 is 0 Å². The molecule has 0 saturated heterocycles. The Balaban J connectivity index is 1.73. The first-order valence-electron chi connectivity index (χ1n) is 8.81. The van der Waals surface area contributed by atoms with Crippen molar-refractivity contribution in [3.05, 3.63) is 54.0 Å². The Kier molecular flexibility index (Phi) is 4.42. The quantitative estimate of drug-likeness (QED) is 0.735. The fraction of sp³-hybridized carbons (Fsp3) is 0.350. The van der Waals surface area contributed by atoms with Gasteiger partial charge in [-0.05, 0) is 37.3 Å². The van der Waals surface area contributed by atoms with Crippen molar-refractivity contribution in [1.82, 2.24) is 15.2 Å².